The fourth-order valence-electron chi connectivity index (χ4n) is 2.12. The summed E-state index contributed by atoms with van der Waals surface area (Å²) >= 11 is 0. The second-order valence-corrected chi connectivity index (χ2v) is 3.70. The third-order valence-corrected chi connectivity index (χ3v) is 2.78. The van der Waals surface area contributed by atoms with Gasteiger partial charge < -0.3 is 0 Å². The zero-order valence-corrected chi connectivity index (χ0v) is 7.40. The Morgan fingerprint density at radius 2 is 1.91 bits per heavy atom. The molecule has 1 fully saturated rings. The molecule has 62 valence electrons. The monoisotopic (exact) mass is 151 g/mol. The Hall–Kier alpha value is -0.510. The Balaban J connectivity index is 2.51. The fraction of sp³-hybridized carbons (Fsp3) is 0.900. The van der Waals surface area contributed by atoms with Crippen LogP contribution in [0.5, 0.6) is 0 Å². The Morgan fingerprint density at radius 1 is 1.27 bits per heavy atom. The van der Waals surface area contributed by atoms with Crippen LogP contribution in [-0.2, 0) is 0 Å². The van der Waals surface area contributed by atoms with Crippen LogP contribution in [0.1, 0.15) is 51.9 Å². The third-order valence-electron chi connectivity index (χ3n) is 2.78. The smallest absolute Gasteiger partial charge is 0.0689 e. The van der Waals surface area contributed by atoms with Crippen molar-refractivity contribution in [1.29, 1.82) is 5.26 Å². The van der Waals surface area contributed by atoms with Gasteiger partial charge in [-0.05, 0) is 19.3 Å². The molecular weight excluding hydrogens is 134 g/mol. The predicted molar refractivity (Wildman–Crippen MR) is 46.0 cm³/mol. The van der Waals surface area contributed by atoms with Crippen molar-refractivity contribution in [3.8, 4) is 6.07 Å². The van der Waals surface area contributed by atoms with E-state index in [1.165, 1.54) is 19.3 Å². The molecule has 0 bridgehead atoms. The summed E-state index contributed by atoms with van der Waals surface area (Å²) < 4.78 is 0. The van der Waals surface area contributed by atoms with Crippen LogP contribution in [0.25, 0.3) is 0 Å². The normalized spacial score (nSPS) is 22.5. The molecule has 0 unspecified atom stereocenters. The molecule has 0 amide bonds. The Labute approximate surface area is 69.4 Å². The SMILES string of the molecule is CCCC1(C#N)CCCCC1. The van der Waals surface area contributed by atoms with E-state index >= 15 is 0 Å². The maximum atomic E-state index is 9.02. The van der Waals surface area contributed by atoms with Crippen LogP contribution in [-0.4, -0.2) is 0 Å². The Kier molecular flexibility index (Phi) is 2.93. The molecule has 0 aliphatic heterocycles. The largest absolute Gasteiger partial charge is 0.198 e. The van der Waals surface area contributed by atoms with Crippen LogP contribution in [0, 0.1) is 16.7 Å². The molecule has 0 aromatic rings. The van der Waals surface area contributed by atoms with Gasteiger partial charge in [0.15, 0.2) is 0 Å². The van der Waals surface area contributed by atoms with Crippen LogP contribution in [0.2, 0.25) is 0 Å². The third kappa shape index (κ3) is 1.96. The molecule has 11 heavy (non-hydrogen) atoms. The molecule has 1 aliphatic carbocycles. The first-order chi connectivity index (χ1) is 5.33. The van der Waals surface area contributed by atoms with Crippen molar-refractivity contribution in [2.45, 2.75) is 51.9 Å². The number of rotatable bonds is 2. The van der Waals surface area contributed by atoms with Crippen molar-refractivity contribution >= 4 is 0 Å². The van der Waals surface area contributed by atoms with Crippen LogP contribution >= 0.6 is 0 Å². The highest BCUT2D eigenvalue weighted by Gasteiger charge is 2.30. The average Bonchev–Trinajstić information content (AvgIpc) is 2.07. The number of nitriles is 1. The van der Waals surface area contributed by atoms with E-state index in [9.17, 15) is 0 Å². The first-order valence-electron chi connectivity index (χ1n) is 4.74. The average molecular weight is 151 g/mol. The highest BCUT2D eigenvalue weighted by molar-refractivity contribution is 4.99. The first kappa shape index (κ1) is 8.59. The second-order valence-electron chi connectivity index (χ2n) is 3.70. The van der Waals surface area contributed by atoms with Gasteiger partial charge in [0.1, 0.15) is 0 Å². The summed E-state index contributed by atoms with van der Waals surface area (Å²) in [7, 11) is 0. The lowest BCUT2D eigenvalue weighted by molar-refractivity contribution is 0.247. The second kappa shape index (κ2) is 3.76. The minimum atomic E-state index is 0.0764. The maximum Gasteiger partial charge on any atom is 0.0689 e. The van der Waals surface area contributed by atoms with Crippen LogP contribution in [0.3, 0.4) is 0 Å². The molecule has 0 heterocycles. The molecule has 1 aliphatic rings. The van der Waals surface area contributed by atoms with Crippen LogP contribution < -0.4 is 0 Å². The summed E-state index contributed by atoms with van der Waals surface area (Å²) in [6, 6.07) is 2.52. The fourth-order valence-corrected chi connectivity index (χ4v) is 2.12. The summed E-state index contributed by atoms with van der Waals surface area (Å²) in [6.45, 7) is 2.17. The van der Waals surface area contributed by atoms with Crippen LogP contribution in [0.4, 0.5) is 0 Å². The molecule has 1 heteroatoms. The molecule has 1 rings (SSSR count). The van der Waals surface area contributed by atoms with E-state index in [1.807, 2.05) is 0 Å². The van der Waals surface area contributed by atoms with Crippen molar-refractivity contribution in [3.63, 3.8) is 0 Å². The van der Waals surface area contributed by atoms with Crippen molar-refractivity contribution in [2.24, 2.45) is 5.41 Å². The Bertz CT molecular complexity index is 143. The topological polar surface area (TPSA) is 23.8 Å². The van der Waals surface area contributed by atoms with Crippen molar-refractivity contribution in [1.82, 2.24) is 0 Å². The van der Waals surface area contributed by atoms with Gasteiger partial charge in [-0.2, -0.15) is 5.26 Å². The lowest BCUT2D eigenvalue weighted by Gasteiger charge is -2.29. The van der Waals surface area contributed by atoms with E-state index in [0.717, 1.165) is 25.7 Å². The molecule has 1 nitrogen and oxygen atoms in total. The predicted octanol–water partition coefficient (Wildman–Crippen LogP) is 3.26. The van der Waals surface area contributed by atoms with E-state index in [1.54, 1.807) is 0 Å². The maximum absolute atomic E-state index is 9.02. The van der Waals surface area contributed by atoms with E-state index in [2.05, 4.69) is 13.0 Å². The Morgan fingerprint density at radius 3 is 2.36 bits per heavy atom. The molecule has 0 aromatic carbocycles. The van der Waals surface area contributed by atoms with E-state index in [4.69, 9.17) is 5.26 Å². The van der Waals surface area contributed by atoms with Gasteiger partial charge in [0.2, 0.25) is 0 Å². The quantitative estimate of drug-likeness (QED) is 0.594. The van der Waals surface area contributed by atoms with E-state index in [0.29, 0.717) is 0 Å². The minimum Gasteiger partial charge on any atom is -0.198 e. The van der Waals surface area contributed by atoms with Gasteiger partial charge in [-0.15, -0.1) is 0 Å². The number of hydrogen-bond donors (Lipinski definition) is 0. The van der Waals surface area contributed by atoms with Crippen molar-refractivity contribution in [2.75, 3.05) is 0 Å². The zero-order chi connectivity index (χ0) is 8.16. The molecule has 0 saturated heterocycles. The summed E-state index contributed by atoms with van der Waals surface area (Å²) in [6.07, 6.45) is 8.46. The van der Waals surface area contributed by atoms with Gasteiger partial charge in [-0.25, -0.2) is 0 Å². The lowest BCUT2D eigenvalue weighted by Crippen LogP contribution is -2.21. The standard InChI is InChI=1S/C10H17N/c1-2-6-10(9-11)7-4-3-5-8-10/h2-8H2,1H3. The van der Waals surface area contributed by atoms with Gasteiger partial charge in [-0.1, -0.05) is 32.6 Å². The summed E-state index contributed by atoms with van der Waals surface area (Å²) in [5.41, 5.74) is 0.0764. The minimum absolute atomic E-state index is 0.0764. The summed E-state index contributed by atoms with van der Waals surface area (Å²) in [5, 5.41) is 9.02. The number of hydrogen-bond acceptors (Lipinski definition) is 1. The summed E-state index contributed by atoms with van der Waals surface area (Å²) in [5.74, 6) is 0. The molecule has 0 N–H and O–H groups in total. The van der Waals surface area contributed by atoms with Gasteiger partial charge in [-0.3, -0.25) is 0 Å². The summed E-state index contributed by atoms with van der Waals surface area (Å²) in [4.78, 5) is 0. The van der Waals surface area contributed by atoms with Gasteiger partial charge >= 0.3 is 0 Å². The molecule has 1 saturated carbocycles. The lowest BCUT2D eigenvalue weighted by atomic mass is 9.72. The first-order valence-corrected chi connectivity index (χ1v) is 4.74. The highest BCUT2D eigenvalue weighted by Crippen LogP contribution is 2.39. The van der Waals surface area contributed by atoms with E-state index in [-0.39, 0.29) is 5.41 Å². The van der Waals surface area contributed by atoms with Gasteiger partial charge in [0, 0.05) is 0 Å². The van der Waals surface area contributed by atoms with Crippen molar-refractivity contribution in [3.05, 3.63) is 0 Å². The molecular formula is C10H17N. The number of nitrogens with zero attached hydrogens (tertiary/aromatic N) is 1. The molecule has 0 aromatic heterocycles. The zero-order valence-electron chi connectivity index (χ0n) is 7.40. The van der Waals surface area contributed by atoms with Gasteiger partial charge in [0.25, 0.3) is 0 Å². The molecule has 0 spiro atoms. The molecule has 0 atom stereocenters. The van der Waals surface area contributed by atoms with Crippen LogP contribution in [0.15, 0.2) is 0 Å². The highest BCUT2D eigenvalue weighted by atomic mass is 14.4. The molecule has 0 radical (unpaired) electrons. The van der Waals surface area contributed by atoms with Gasteiger partial charge in [0.05, 0.1) is 11.5 Å². The van der Waals surface area contributed by atoms with E-state index < -0.39 is 0 Å². The van der Waals surface area contributed by atoms with Crippen molar-refractivity contribution < 1.29 is 0 Å².